The molecular weight excluding hydrogens is 288 g/mol. The van der Waals surface area contributed by atoms with E-state index >= 15 is 0 Å². The summed E-state index contributed by atoms with van der Waals surface area (Å²) < 4.78 is 15.8. The van der Waals surface area contributed by atoms with Crippen molar-refractivity contribution >= 4 is 17.1 Å². The van der Waals surface area contributed by atoms with Crippen molar-refractivity contribution in [1.29, 1.82) is 0 Å². The number of pyridine rings is 1. The number of hydrogen-bond donors (Lipinski definition) is 0. The molecule has 0 spiro atoms. The molecular formula is C14H14N4O4. The third-order valence-electron chi connectivity index (χ3n) is 3.14. The van der Waals surface area contributed by atoms with Gasteiger partial charge in [-0.05, 0) is 26.8 Å². The number of aryl methyl sites for hydroxylation is 3. The number of nitrogens with zero attached hydrogens (tertiary/aromatic N) is 4. The summed E-state index contributed by atoms with van der Waals surface area (Å²) in [5.41, 5.74) is 1.88. The van der Waals surface area contributed by atoms with E-state index in [2.05, 4.69) is 20.3 Å². The van der Waals surface area contributed by atoms with E-state index in [0.717, 1.165) is 0 Å². The number of rotatable bonds is 3. The van der Waals surface area contributed by atoms with Crippen molar-refractivity contribution in [1.82, 2.24) is 20.3 Å². The van der Waals surface area contributed by atoms with Gasteiger partial charge in [0, 0.05) is 12.6 Å². The lowest BCUT2D eigenvalue weighted by Gasteiger charge is -2.10. The van der Waals surface area contributed by atoms with E-state index in [-0.39, 0.29) is 5.89 Å². The fourth-order valence-electron chi connectivity index (χ4n) is 2.13. The first kappa shape index (κ1) is 14.2. The number of carbonyl (C=O) groups excluding carboxylic acids is 1. The van der Waals surface area contributed by atoms with Crippen LogP contribution in [0.25, 0.3) is 11.1 Å². The summed E-state index contributed by atoms with van der Waals surface area (Å²) in [5, 5.41) is 11.9. The molecule has 3 aromatic rings. The Balaban J connectivity index is 1.93. The summed E-state index contributed by atoms with van der Waals surface area (Å²) in [6, 6.07) is 1.64. The molecule has 3 rings (SSSR count). The van der Waals surface area contributed by atoms with Gasteiger partial charge in [-0.15, -0.1) is 10.2 Å². The summed E-state index contributed by atoms with van der Waals surface area (Å²) in [6.07, 6.45) is -0.655. The minimum Gasteiger partial charge on any atom is -0.449 e. The van der Waals surface area contributed by atoms with E-state index in [4.69, 9.17) is 13.7 Å². The van der Waals surface area contributed by atoms with Crippen LogP contribution in [0, 0.1) is 20.8 Å². The second kappa shape index (κ2) is 5.21. The molecule has 0 saturated carbocycles. The third-order valence-corrected chi connectivity index (χ3v) is 3.14. The van der Waals surface area contributed by atoms with E-state index in [1.165, 1.54) is 0 Å². The van der Waals surface area contributed by atoms with Crippen LogP contribution in [-0.4, -0.2) is 26.3 Å². The summed E-state index contributed by atoms with van der Waals surface area (Å²) in [7, 11) is 0. The SMILES string of the molecule is Cc1cc(C(=O)O[C@H](C)c2nnc(C)o2)c2c(C)noc2n1. The normalized spacial score (nSPS) is 12.5. The van der Waals surface area contributed by atoms with Gasteiger partial charge in [0.25, 0.3) is 11.6 Å². The van der Waals surface area contributed by atoms with Crippen LogP contribution in [0.3, 0.4) is 0 Å². The zero-order valence-electron chi connectivity index (χ0n) is 12.6. The van der Waals surface area contributed by atoms with Crippen molar-refractivity contribution in [3.05, 3.63) is 34.8 Å². The van der Waals surface area contributed by atoms with Crippen LogP contribution >= 0.6 is 0 Å². The highest BCUT2D eigenvalue weighted by molar-refractivity contribution is 6.03. The molecule has 114 valence electrons. The lowest BCUT2D eigenvalue weighted by atomic mass is 10.1. The van der Waals surface area contributed by atoms with Crippen molar-refractivity contribution < 1.29 is 18.5 Å². The molecule has 0 radical (unpaired) electrons. The fraction of sp³-hybridized carbons (Fsp3) is 0.357. The minimum absolute atomic E-state index is 0.245. The van der Waals surface area contributed by atoms with E-state index < -0.39 is 12.1 Å². The molecule has 0 aliphatic carbocycles. The molecule has 3 aromatic heterocycles. The number of aromatic nitrogens is 4. The van der Waals surface area contributed by atoms with Crippen LogP contribution in [0.4, 0.5) is 0 Å². The predicted molar refractivity (Wildman–Crippen MR) is 74.1 cm³/mol. The lowest BCUT2D eigenvalue weighted by Crippen LogP contribution is -2.11. The summed E-state index contributed by atoms with van der Waals surface area (Å²) in [6.45, 7) is 6.83. The van der Waals surface area contributed by atoms with Gasteiger partial charge in [0.1, 0.15) is 0 Å². The maximum atomic E-state index is 12.4. The third kappa shape index (κ3) is 2.43. The molecule has 0 aliphatic heterocycles. The molecule has 0 unspecified atom stereocenters. The molecule has 8 nitrogen and oxygen atoms in total. The molecule has 0 amide bonds. The van der Waals surface area contributed by atoms with Gasteiger partial charge in [-0.2, -0.15) is 0 Å². The van der Waals surface area contributed by atoms with Gasteiger partial charge >= 0.3 is 5.97 Å². The van der Waals surface area contributed by atoms with Crippen LogP contribution in [0.1, 0.15) is 46.6 Å². The van der Waals surface area contributed by atoms with Crippen LogP contribution in [0.5, 0.6) is 0 Å². The molecule has 0 aromatic carbocycles. The van der Waals surface area contributed by atoms with Crippen LogP contribution in [0.15, 0.2) is 15.0 Å². The zero-order chi connectivity index (χ0) is 15.9. The van der Waals surface area contributed by atoms with Crippen LogP contribution < -0.4 is 0 Å². The lowest BCUT2D eigenvalue weighted by molar-refractivity contribution is 0.0279. The quantitative estimate of drug-likeness (QED) is 0.679. The Morgan fingerprint density at radius 2 is 2.05 bits per heavy atom. The Bertz CT molecular complexity index is 852. The summed E-state index contributed by atoms with van der Waals surface area (Å²) in [4.78, 5) is 16.6. The number of fused-ring (bicyclic) bond motifs is 1. The first-order valence-electron chi connectivity index (χ1n) is 6.70. The van der Waals surface area contributed by atoms with Gasteiger partial charge in [0.05, 0.1) is 16.6 Å². The number of carbonyl (C=O) groups is 1. The predicted octanol–water partition coefficient (Wildman–Crippen LogP) is 2.45. The highest BCUT2D eigenvalue weighted by atomic mass is 16.6. The molecule has 8 heteroatoms. The van der Waals surface area contributed by atoms with Gasteiger partial charge in [0.15, 0.2) is 6.10 Å². The fourth-order valence-corrected chi connectivity index (χ4v) is 2.13. The second-order valence-electron chi connectivity index (χ2n) is 4.97. The Kier molecular flexibility index (Phi) is 3.36. The van der Waals surface area contributed by atoms with Crippen molar-refractivity contribution in [2.75, 3.05) is 0 Å². The molecule has 0 bridgehead atoms. The van der Waals surface area contributed by atoms with Gasteiger partial charge in [-0.3, -0.25) is 0 Å². The van der Waals surface area contributed by atoms with Gasteiger partial charge in [-0.25, -0.2) is 9.78 Å². The Labute approximate surface area is 125 Å². The molecule has 3 heterocycles. The smallest absolute Gasteiger partial charge is 0.339 e. The highest BCUT2D eigenvalue weighted by Crippen LogP contribution is 2.25. The molecule has 22 heavy (non-hydrogen) atoms. The standard InChI is InChI=1S/C14H14N4O4/c1-6-5-10(11-7(2)18-22-13(11)15-6)14(19)20-8(3)12-17-16-9(4)21-12/h5,8H,1-4H3/t8-/m1/s1. The average molecular weight is 302 g/mol. The van der Waals surface area contributed by atoms with Crippen molar-refractivity contribution in [2.24, 2.45) is 0 Å². The Hall–Kier alpha value is -2.77. The first-order valence-corrected chi connectivity index (χ1v) is 6.70. The summed E-state index contributed by atoms with van der Waals surface area (Å²) >= 11 is 0. The van der Waals surface area contributed by atoms with E-state index in [0.29, 0.717) is 33.9 Å². The molecule has 0 fully saturated rings. The molecule has 0 N–H and O–H groups in total. The molecule has 0 aliphatic rings. The van der Waals surface area contributed by atoms with Crippen molar-refractivity contribution in [3.8, 4) is 0 Å². The van der Waals surface area contributed by atoms with Gasteiger partial charge in [0.2, 0.25) is 5.89 Å². The molecule has 0 saturated heterocycles. The van der Waals surface area contributed by atoms with Crippen LogP contribution in [0.2, 0.25) is 0 Å². The second-order valence-corrected chi connectivity index (χ2v) is 4.97. The minimum atomic E-state index is -0.655. The summed E-state index contributed by atoms with van der Waals surface area (Å²) in [5.74, 6) is 0.134. The van der Waals surface area contributed by atoms with E-state index in [1.54, 1.807) is 33.8 Å². The molecule has 1 atom stereocenters. The van der Waals surface area contributed by atoms with Crippen LogP contribution in [-0.2, 0) is 4.74 Å². The Morgan fingerprint density at radius 3 is 2.73 bits per heavy atom. The van der Waals surface area contributed by atoms with E-state index in [1.807, 2.05) is 0 Å². The monoisotopic (exact) mass is 302 g/mol. The number of esters is 1. The average Bonchev–Trinajstić information content (AvgIpc) is 3.05. The maximum Gasteiger partial charge on any atom is 0.339 e. The van der Waals surface area contributed by atoms with Crippen molar-refractivity contribution in [2.45, 2.75) is 33.8 Å². The number of ether oxygens (including phenoxy) is 1. The highest BCUT2D eigenvalue weighted by Gasteiger charge is 2.23. The van der Waals surface area contributed by atoms with E-state index in [9.17, 15) is 4.79 Å². The Morgan fingerprint density at radius 1 is 1.27 bits per heavy atom. The van der Waals surface area contributed by atoms with Gasteiger partial charge in [-0.1, -0.05) is 5.16 Å². The topological polar surface area (TPSA) is 104 Å². The first-order chi connectivity index (χ1) is 10.5. The largest absolute Gasteiger partial charge is 0.449 e. The maximum absolute atomic E-state index is 12.4. The van der Waals surface area contributed by atoms with Crippen molar-refractivity contribution in [3.63, 3.8) is 0 Å². The van der Waals surface area contributed by atoms with Gasteiger partial charge < -0.3 is 13.7 Å². The zero-order valence-corrected chi connectivity index (χ0v) is 12.6. The number of hydrogen-bond acceptors (Lipinski definition) is 8.